The van der Waals surface area contributed by atoms with E-state index in [0.717, 1.165) is 19.5 Å². The molecular weight excluding hydrogens is 268 g/mol. The van der Waals surface area contributed by atoms with Gasteiger partial charge >= 0.3 is 0 Å². The maximum absolute atomic E-state index is 11.3. The van der Waals surface area contributed by atoms with Gasteiger partial charge < -0.3 is 4.90 Å². The lowest BCUT2D eigenvalue weighted by atomic mass is 10.1. The van der Waals surface area contributed by atoms with Crippen molar-refractivity contribution < 1.29 is 4.21 Å². The summed E-state index contributed by atoms with van der Waals surface area (Å²) in [5.74, 6) is 0. The van der Waals surface area contributed by atoms with Gasteiger partial charge in [-0.3, -0.25) is 0 Å². The topological polar surface area (TPSA) is 46.3 Å². The second-order valence-corrected chi connectivity index (χ2v) is 6.25. The molecule has 0 spiro atoms. The molecule has 0 saturated heterocycles. The molecule has 0 saturated carbocycles. The highest BCUT2D eigenvalue weighted by Crippen LogP contribution is 2.31. The zero-order valence-corrected chi connectivity index (χ0v) is 12.3. The zero-order chi connectivity index (χ0) is 14.1. The van der Waals surface area contributed by atoms with Gasteiger partial charge in [0, 0.05) is 18.8 Å². The Morgan fingerprint density at radius 2 is 2.05 bits per heavy atom. The number of hydrogen-bond acceptors (Lipinski definition) is 2. The number of hydrogen-bond donors (Lipinski definition) is 1. The van der Waals surface area contributed by atoms with Crippen LogP contribution in [0.15, 0.2) is 47.4 Å². The Labute approximate surface area is 122 Å². The van der Waals surface area contributed by atoms with E-state index in [0.29, 0.717) is 4.90 Å². The quantitative estimate of drug-likeness (QED) is 0.942. The standard InChI is InChI=1S/C16H18N2OS/c1-12-4-2-3-5-14(12)11-18-9-8-13-10-15(20(17)19)6-7-16(13)18/h2-7,10H,8-9,11,17H2,1H3. The van der Waals surface area contributed by atoms with Gasteiger partial charge in [-0.2, -0.15) is 0 Å². The molecule has 2 aromatic rings. The summed E-state index contributed by atoms with van der Waals surface area (Å²) in [6.45, 7) is 4.07. The summed E-state index contributed by atoms with van der Waals surface area (Å²) in [6.07, 6.45) is 0.992. The van der Waals surface area contributed by atoms with Crippen molar-refractivity contribution in [2.75, 3.05) is 11.4 Å². The van der Waals surface area contributed by atoms with Gasteiger partial charge in [0.2, 0.25) is 0 Å². The van der Waals surface area contributed by atoms with Gasteiger partial charge in [0.15, 0.2) is 0 Å². The monoisotopic (exact) mass is 286 g/mol. The molecule has 1 aliphatic heterocycles. The van der Waals surface area contributed by atoms with E-state index >= 15 is 0 Å². The van der Waals surface area contributed by atoms with Gasteiger partial charge in [0.05, 0.1) is 4.90 Å². The molecule has 1 aliphatic rings. The molecule has 1 atom stereocenters. The molecule has 0 bridgehead atoms. The molecule has 0 fully saturated rings. The van der Waals surface area contributed by atoms with Gasteiger partial charge in [-0.05, 0) is 48.2 Å². The van der Waals surface area contributed by atoms with E-state index in [-0.39, 0.29) is 0 Å². The molecule has 104 valence electrons. The normalized spacial score (nSPS) is 15.2. The number of anilines is 1. The van der Waals surface area contributed by atoms with E-state index in [2.05, 4.69) is 36.1 Å². The Balaban J connectivity index is 1.87. The number of nitrogens with zero attached hydrogens (tertiary/aromatic N) is 1. The van der Waals surface area contributed by atoms with Crippen LogP contribution in [-0.4, -0.2) is 10.8 Å². The van der Waals surface area contributed by atoms with Crippen LogP contribution in [0, 0.1) is 6.92 Å². The highest BCUT2D eigenvalue weighted by molar-refractivity contribution is 7.82. The summed E-state index contributed by atoms with van der Waals surface area (Å²) in [7, 11) is -1.39. The van der Waals surface area contributed by atoms with Crippen LogP contribution in [0.5, 0.6) is 0 Å². The highest BCUT2D eigenvalue weighted by Gasteiger charge is 2.20. The molecule has 0 radical (unpaired) electrons. The molecule has 0 aromatic heterocycles. The summed E-state index contributed by atoms with van der Waals surface area (Å²) in [6, 6.07) is 14.4. The first-order valence-corrected chi connectivity index (χ1v) is 7.95. The maximum atomic E-state index is 11.3. The Bertz CT molecular complexity index is 669. The molecule has 20 heavy (non-hydrogen) atoms. The minimum absolute atomic E-state index is 0.710. The Kier molecular flexibility index (Phi) is 3.59. The van der Waals surface area contributed by atoms with Crippen molar-refractivity contribution in [1.82, 2.24) is 0 Å². The van der Waals surface area contributed by atoms with E-state index < -0.39 is 11.0 Å². The average molecular weight is 286 g/mol. The molecular formula is C16H18N2OS. The van der Waals surface area contributed by atoms with Crippen molar-refractivity contribution >= 4 is 16.7 Å². The van der Waals surface area contributed by atoms with E-state index in [1.807, 2.05) is 18.2 Å². The first-order valence-electron chi connectivity index (χ1n) is 6.74. The molecule has 2 aromatic carbocycles. The minimum Gasteiger partial charge on any atom is -0.367 e. The number of benzene rings is 2. The molecule has 0 amide bonds. The summed E-state index contributed by atoms with van der Waals surface area (Å²) < 4.78 is 11.3. The molecule has 0 aliphatic carbocycles. The molecule has 3 rings (SSSR count). The number of aryl methyl sites for hydroxylation is 1. The van der Waals surface area contributed by atoms with Crippen molar-refractivity contribution in [3.8, 4) is 0 Å². The first kappa shape index (κ1) is 13.3. The van der Waals surface area contributed by atoms with Crippen molar-refractivity contribution in [2.24, 2.45) is 5.14 Å². The second kappa shape index (κ2) is 5.38. The third kappa shape index (κ3) is 2.49. The summed E-state index contributed by atoms with van der Waals surface area (Å²) in [4.78, 5) is 3.09. The van der Waals surface area contributed by atoms with E-state index in [4.69, 9.17) is 5.14 Å². The van der Waals surface area contributed by atoms with Crippen LogP contribution in [0.1, 0.15) is 16.7 Å². The SMILES string of the molecule is Cc1ccccc1CN1CCc2cc(S(N)=O)ccc21. The predicted molar refractivity (Wildman–Crippen MR) is 83.0 cm³/mol. The van der Waals surface area contributed by atoms with E-state index in [1.54, 1.807) is 0 Å². The van der Waals surface area contributed by atoms with Crippen molar-refractivity contribution in [1.29, 1.82) is 0 Å². The lowest BCUT2D eigenvalue weighted by Crippen LogP contribution is -2.20. The van der Waals surface area contributed by atoms with Crippen LogP contribution >= 0.6 is 0 Å². The largest absolute Gasteiger partial charge is 0.367 e. The van der Waals surface area contributed by atoms with Crippen LogP contribution in [0.3, 0.4) is 0 Å². The lowest BCUT2D eigenvalue weighted by Gasteiger charge is -2.20. The summed E-state index contributed by atoms with van der Waals surface area (Å²) in [5.41, 5.74) is 5.16. The van der Waals surface area contributed by atoms with Crippen molar-refractivity contribution in [3.05, 3.63) is 59.2 Å². The van der Waals surface area contributed by atoms with Gasteiger partial charge in [-0.25, -0.2) is 9.35 Å². The van der Waals surface area contributed by atoms with Crippen molar-refractivity contribution in [2.45, 2.75) is 24.8 Å². The highest BCUT2D eigenvalue weighted by atomic mass is 32.2. The van der Waals surface area contributed by atoms with Crippen LogP contribution in [-0.2, 0) is 24.0 Å². The predicted octanol–water partition coefficient (Wildman–Crippen LogP) is 2.54. The molecule has 2 N–H and O–H groups in total. The number of fused-ring (bicyclic) bond motifs is 1. The fraction of sp³-hybridized carbons (Fsp3) is 0.250. The van der Waals surface area contributed by atoms with Gasteiger partial charge in [0.25, 0.3) is 0 Å². The Hall–Kier alpha value is -1.65. The van der Waals surface area contributed by atoms with E-state index in [9.17, 15) is 4.21 Å². The molecule has 3 nitrogen and oxygen atoms in total. The summed E-state index contributed by atoms with van der Waals surface area (Å²) >= 11 is 0. The lowest BCUT2D eigenvalue weighted by molar-refractivity contribution is 0.684. The van der Waals surface area contributed by atoms with Crippen molar-refractivity contribution in [3.63, 3.8) is 0 Å². The maximum Gasteiger partial charge on any atom is 0.122 e. The number of nitrogens with two attached hydrogens (primary N) is 1. The fourth-order valence-corrected chi connectivity index (χ4v) is 3.19. The van der Waals surface area contributed by atoms with Crippen LogP contribution < -0.4 is 10.0 Å². The number of rotatable bonds is 3. The second-order valence-electron chi connectivity index (χ2n) is 5.19. The zero-order valence-electron chi connectivity index (χ0n) is 11.5. The smallest absolute Gasteiger partial charge is 0.122 e. The van der Waals surface area contributed by atoms with Gasteiger partial charge in [0.1, 0.15) is 11.0 Å². The third-order valence-corrected chi connectivity index (χ3v) is 4.62. The summed E-state index contributed by atoms with van der Waals surface area (Å²) in [5, 5.41) is 5.44. The van der Waals surface area contributed by atoms with Gasteiger partial charge in [-0.1, -0.05) is 24.3 Å². The first-order chi connectivity index (χ1) is 9.65. The van der Waals surface area contributed by atoms with Crippen LogP contribution in [0.2, 0.25) is 0 Å². The van der Waals surface area contributed by atoms with Crippen LogP contribution in [0.25, 0.3) is 0 Å². The minimum atomic E-state index is -1.39. The fourth-order valence-electron chi connectivity index (χ4n) is 2.73. The average Bonchev–Trinajstić information content (AvgIpc) is 2.84. The third-order valence-electron chi connectivity index (χ3n) is 3.90. The Morgan fingerprint density at radius 3 is 2.80 bits per heavy atom. The Morgan fingerprint density at radius 1 is 1.25 bits per heavy atom. The molecule has 4 heteroatoms. The molecule has 1 heterocycles. The van der Waals surface area contributed by atoms with Crippen LogP contribution in [0.4, 0.5) is 5.69 Å². The van der Waals surface area contributed by atoms with Gasteiger partial charge in [-0.15, -0.1) is 0 Å². The molecule has 1 unspecified atom stereocenters. The van der Waals surface area contributed by atoms with E-state index in [1.165, 1.54) is 22.4 Å².